The van der Waals surface area contributed by atoms with Crippen molar-refractivity contribution in [3.63, 3.8) is 0 Å². The predicted octanol–water partition coefficient (Wildman–Crippen LogP) is 4.27. The third-order valence-electron chi connectivity index (χ3n) is 7.01. The first-order valence-electron chi connectivity index (χ1n) is 12.7. The number of phenolic OH excluding ortho intramolecular Hbond substituents is 5. The quantitative estimate of drug-likeness (QED) is 0.151. The summed E-state index contributed by atoms with van der Waals surface area (Å²) in [7, 11) is -5.31. The van der Waals surface area contributed by atoms with E-state index in [-0.39, 0.29) is 34.1 Å². The van der Waals surface area contributed by atoms with Gasteiger partial charge in [0, 0.05) is 29.8 Å². The van der Waals surface area contributed by atoms with Crippen molar-refractivity contribution in [2.75, 3.05) is 0 Å². The molecule has 44 heavy (non-hydrogen) atoms. The summed E-state index contributed by atoms with van der Waals surface area (Å²) in [5.41, 5.74) is -1.72. The summed E-state index contributed by atoms with van der Waals surface area (Å²) >= 11 is 0. The second kappa shape index (κ2) is 10.2. The molecule has 0 saturated heterocycles. The number of Topliss-reactive ketones (excluding diaryl/α,β-unsaturated/α-hetero) is 1. The molecule has 0 saturated carbocycles. The molecule has 14 heteroatoms. The molecular formula is C30H20O13S. The van der Waals surface area contributed by atoms with Gasteiger partial charge in [-0.05, 0) is 42.0 Å². The van der Waals surface area contributed by atoms with E-state index in [1.165, 1.54) is 48.5 Å². The average Bonchev–Trinajstić information content (AvgIpc) is 2.93. The van der Waals surface area contributed by atoms with Crippen molar-refractivity contribution >= 4 is 27.2 Å². The molecule has 0 amide bonds. The molecule has 1 aromatic heterocycles. The molecule has 0 fully saturated rings. The smallest absolute Gasteiger partial charge is 0.446 e. The Morgan fingerprint density at radius 3 is 2.02 bits per heavy atom. The molecule has 2 heterocycles. The highest BCUT2D eigenvalue weighted by Crippen LogP contribution is 2.52. The highest BCUT2D eigenvalue weighted by atomic mass is 32.3. The number of carbonyl (C=O) groups is 1. The topological polar surface area (TPSA) is 221 Å². The molecular weight excluding hydrogens is 600 g/mol. The van der Waals surface area contributed by atoms with Gasteiger partial charge in [-0.3, -0.25) is 14.1 Å². The van der Waals surface area contributed by atoms with Gasteiger partial charge < -0.3 is 38.9 Å². The van der Waals surface area contributed by atoms with Crippen LogP contribution in [-0.2, 0) is 10.4 Å². The highest BCUT2D eigenvalue weighted by Gasteiger charge is 2.45. The lowest BCUT2D eigenvalue weighted by molar-refractivity contribution is 0.0773. The lowest BCUT2D eigenvalue weighted by atomic mass is 9.79. The molecule has 0 aliphatic carbocycles. The Bertz CT molecular complexity index is 2130. The Hall–Kier alpha value is -5.73. The van der Waals surface area contributed by atoms with Crippen LogP contribution in [0, 0.1) is 0 Å². The summed E-state index contributed by atoms with van der Waals surface area (Å²) in [4.78, 5) is 27.6. The Kier molecular flexibility index (Phi) is 6.59. The first-order chi connectivity index (χ1) is 20.8. The number of fused-ring (bicyclic) bond motifs is 2. The zero-order valence-electron chi connectivity index (χ0n) is 22.0. The predicted molar refractivity (Wildman–Crippen MR) is 152 cm³/mol. The molecule has 13 nitrogen and oxygen atoms in total. The second-order valence-corrected chi connectivity index (χ2v) is 10.9. The molecule has 5 aromatic rings. The molecule has 2 atom stereocenters. The van der Waals surface area contributed by atoms with Crippen LogP contribution in [0.1, 0.15) is 33.5 Å². The van der Waals surface area contributed by atoms with Crippen molar-refractivity contribution in [1.82, 2.24) is 0 Å². The summed E-state index contributed by atoms with van der Waals surface area (Å²) in [6, 6.07) is 14.5. The zero-order chi connectivity index (χ0) is 31.5. The van der Waals surface area contributed by atoms with E-state index >= 15 is 0 Å². The second-order valence-electron chi connectivity index (χ2n) is 9.85. The minimum Gasteiger partial charge on any atom is -0.508 e. The molecule has 1 aliphatic rings. The van der Waals surface area contributed by atoms with Gasteiger partial charge in [0.2, 0.25) is 0 Å². The number of phenols is 5. The summed E-state index contributed by atoms with van der Waals surface area (Å²) in [5, 5.41) is 50.6. The van der Waals surface area contributed by atoms with Gasteiger partial charge in [0.1, 0.15) is 62.9 Å². The van der Waals surface area contributed by atoms with E-state index in [9.17, 15) is 48.1 Å². The molecule has 4 aromatic carbocycles. The minimum atomic E-state index is -5.31. The first kappa shape index (κ1) is 28.4. The summed E-state index contributed by atoms with van der Waals surface area (Å²) in [5.74, 6) is -5.95. The fourth-order valence-electron chi connectivity index (χ4n) is 5.19. The lowest BCUT2D eigenvalue weighted by Gasteiger charge is -2.34. The van der Waals surface area contributed by atoms with Gasteiger partial charge in [0.05, 0.1) is 11.5 Å². The zero-order valence-corrected chi connectivity index (χ0v) is 22.8. The Labute approximate surface area is 247 Å². The van der Waals surface area contributed by atoms with E-state index in [2.05, 4.69) is 0 Å². The number of carbonyl (C=O) groups excluding carboxylic acids is 1. The Morgan fingerprint density at radius 1 is 0.750 bits per heavy atom. The number of ether oxygens (including phenoxy) is 1. The number of hydrogen-bond donors (Lipinski definition) is 6. The Morgan fingerprint density at radius 2 is 1.39 bits per heavy atom. The molecule has 0 bridgehead atoms. The number of aromatic hydroxyl groups is 5. The summed E-state index contributed by atoms with van der Waals surface area (Å²) in [6.45, 7) is 0. The van der Waals surface area contributed by atoms with Crippen LogP contribution in [0.5, 0.6) is 40.2 Å². The van der Waals surface area contributed by atoms with Gasteiger partial charge in [-0.1, -0.05) is 12.1 Å². The van der Waals surface area contributed by atoms with E-state index in [4.69, 9.17) is 13.3 Å². The number of rotatable bonds is 5. The lowest BCUT2D eigenvalue weighted by Crippen LogP contribution is -2.31. The molecule has 0 spiro atoms. The van der Waals surface area contributed by atoms with E-state index in [1.807, 2.05) is 0 Å². The van der Waals surface area contributed by atoms with E-state index in [0.29, 0.717) is 6.07 Å². The number of hydrogen-bond acceptors (Lipinski definition) is 12. The molecule has 224 valence electrons. The monoisotopic (exact) mass is 620 g/mol. The normalized spacial score (nSPS) is 16.3. The third kappa shape index (κ3) is 4.97. The van der Waals surface area contributed by atoms with Gasteiger partial charge in [0.15, 0.2) is 17.0 Å². The van der Waals surface area contributed by atoms with Crippen LogP contribution < -0.4 is 14.3 Å². The average molecular weight is 621 g/mol. The van der Waals surface area contributed by atoms with Crippen molar-refractivity contribution in [1.29, 1.82) is 0 Å². The van der Waals surface area contributed by atoms with Gasteiger partial charge in [-0.2, -0.15) is 8.42 Å². The van der Waals surface area contributed by atoms with Gasteiger partial charge in [-0.25, -0.2) is 0 Å². The molecule has 0 unspecified atom stereocenters. The Balaban J connectivity index is 1.73. The van der Waals surface area contributed by atoms with Crippen LogP contribution in [0.25, 0.3) is 22.3 Å². The fourth-order valence-corrected chi connectivity index (χ4v) is 5.55. The van der Waals surface area contributed by atoms with Crippen molar-refractivity contribution in [2.45, 2.75) is 12.0 Å². The molecule has 1 aliphatic heterocycles. The fraction of sp³-hybridized carbons (Fsp3) is 0.0667. The van der Waals surface area contributed by atoms with Gasteiger partial charge >= 0.3 is 10.4 Å². The first-order valence-corrected chi connectivity index (χ1v) is 14.0. The number of benzene rings is 4. The number of ketones is 1. The van der Waals surface area contributed by atoms with Crippen molar-refractivity contribution < 1.29 is 56.6 Å². The minimum absolute atomic E-state index is 0.0924. The van der Waals surface area contributed by atoms with E-state index in [0.717, 1.165) is 18.2 Å². The van der Waals surface area contributed by atoms with Gasteiger partial charge in [0.25, 0.3) is 0 Å². The van der Waals surface area contributed by atoms with Crippen LogP contribution >= 0.6 is 0 Å². The van der Waals surface area contributed by atoms with Crippen LogP contribution in [0.2, 0.25) is 0 Å². The van der Waals surface area contributed by atoms with Crippen LogP contribution in [0.4, 0.5) is 0 Å². The highest BCUT2D eigenvalue weighted by molar-refractivity contribution is 7.81. The largest absolute Gasteiger partial charge is 0.508 e. The van der Waals surface area contributed by atoms with Gasteiger partial charge in [-0.15, -0.1) is 0 Å². The maximum atomic E-state index is 14.3. The van der Waals surface area contributed by atoms with Crippen molar-refractivity contribution in [2.24, 2.45) is 0 Å². The maximum Gasteiger partial charge on any atom is 0.446 e. The van der Waals surface area contributed by atoms with Crippen LogP contribution in [0.3, 0.4) is 0 Å². The third-order valence-corrected chi connectivity index (χ3v) is 7.40. The van der Waals surface area contributed by atoms with E-state index in [1.54, 1.807) is 0 Å². The van der Waals surface area contributed by atoms with E-state index < -0.39 is 78.7 Å². The molecule has 6 N–H and O–H groups in total. The standard InChI is InChI=1S/C30H20O13S/c31-15-5-1-13(2-6-15)21-11-19(35)24-20(36)12-23(43-44(38,39)40)26(30(24)41-21)27-28(37)25-18(34)9-17(33)10-22(25)42-29(27)14-3-7-16(32)8-4-14/h1-12,27,29,31-34,36H,(H,38,39,40)/t27-,29+/m1/s1. The van der Waals surface area contributed by atoms with Crippen molar-refractivity contribution in [3.8, 4) is 51.6 Å². The van der Waals surface area contributed by atoms with Crippen LogP contribution in [-0.4, -0.2) is 44.3 Å². The molecule has 6 rings (SSSR count). The molecule has 0 radical (unpaired) electrons. The summed E-state index contributed by atoms with van der Waals surface area (Å²) < 4.78 is 50.4. The van der Waals surface area contributed by atoms with Crippen molar-refractivity contribution in [3.05, 3.63) is 99.7 Å². The van der Waals surface area contributed by atoms with Crippen LogP contribution in [0.15, 0.2) is 82.0 Å². The maximum absolute atomic E-state index is 14.3. The SMILES string of the molecule is O=C1c2c(O)cc(O)cc2O[C@@H](c2ccc(O)cc2)[C@@H]1c1c(OS(=O)(=O)O)cc(O)c2c(=O)cc(-c3ccc(O)cc3)oc12. The summed E-state index contributed by atoms with van der Waals surface area (Å²) in [6.07, 6.45) is -1.41.